The molecule has 2 N–H and O–H groups in total. The van der Waals surface area contributed by atoms with Crippen LogP contribution in [0.4, 0.5) is 0 Å². The fourth-order valence-electron chi connectivity index (χ4n) is 1.96. The van der Waals surface area contributed by atoms with Gasteiger partial charge in [-0.1, -0.05) is 20.8 Å². The summed E-state index contributed by atoms with van der Waals surface area (Å²) in [4.78, 5) is 22.9. The number of nitrogens with zero attached hydrogens (tertiary/aromatic N) is 2. The lowest BCUT2D eigenvalue weighted by Gasteiger charge is -2.23. The summed E-state index contributed by atoms with van der Waals surface area (Å²) in [5.41, 5.74) is -0.0805. The van der Waals surface area contributed by atoms with Gasteiger partial charge in [0.25, 0.3) is 0 Å². The zero-order valence-electron chi connectivity index (χ0n) is 12.3. The van der Waals surface area contributed by atoms with E-state index in [0.29, 0.717) is 19.4 Å². The van der Waals surface area contributed by atoms with Crippen LogP contribution in [0.15, 0.2) is 18.5 Å². The van der Waals surface area contributed by atoms with E-state index in [9.17, 15) is 9.59 Å². The first-order chi connectivity index (χ1) is 9.28. The van der Waals surface area contributed by atoms with Crippen LogP contribution in [-0.4, -0.2) is 33.3 Å². The van der Waals surface area contributed by atoms with Gasteiger partial charge in [0.2, 0.25) is 5.91 Å². The van der Waals surface area contributed by atoms with E-state index in [-0.39, 0.29) is 17.9 Å². The van der Waals surface area contributed by atoms with E-state index in [2.05, 4.69) is 10.4 Å². The summed E-state index contributed by atoms with van der Waals surface area (Å²) in [6.07, 6.45) is 4.26. The summed E-state index contributed by atoms with van der Waals surface area (Å²) in [6.45, 7) is 6.63. The quantitative estimate of drug-likeness (QED) is 0.793. The SMILES string of the molecule is CC(C)(C)CC(CNC(=O)CCn1cccn1)C(=O)O. The van der Waals surface area contributed by atoms with Gasteiger partial charge in [-0.05, 0) is 17.9 Å². The minimum atomic E-state index is -0.868. The summed E-state index contributed by atoms with van der Waals surface area (Å²) in [6, 6.07) is 1.79. The van der Waals surface area contributed by atoms with Gasteiger partial charge < -0.3 is 10.4 Å². The van der Waals surface area contributed by atoms with E-state index >= 15 is 0 Å². The van der Waals surface area contributed by atoms with Crippen molar-refractivity contribution in [3.05, 3.63) is 18.5 Å². The number of hydrogen-bond donors (Lipinski definition) is 2. The summed E-state index contributed by atoms with van der Waals surface area (Å²) in [5, 5.41) is 15.9. The van der Waals surface area contributed by atoms with E-state index in [1.54, 1.807) is 23.1 Å². The zero-order valence-corrected chi connectivity index (χ0v) is 12.3. The van der Waals surface area contributed by atoms with Crippen molar-refractivity contribution in [3.8, 4) is 0 Å². The topological polar surface area (TPSA) is 84.2 Å². The third kappa shape index (κ3) is 6.36. The number of hydrogen-bond acceptors (Lipinski definition) is 3. The van der Waals surface area contributed by atoms with E-state index < -0.39 is 11.9 Å². The van der Waals surface area contributed by atoms with Gasteiger partial charge in [-0.2, -0.15) is 5.10 Å². The molecule has 1 rings (SSSR count). The van der Waals surface area contributed by atoms with Gasteiger partial charge in [0.1, 0.15) is 0 Å². The minimum absolute atomic E-state index is 0.0805. The average molecular weight is 281 g/mol. The predicted molar refractivity (Wildman–Crippen MR) is 75.1 cm³/mol. The van der Waals surface area contributed by atoms with E-state index in [1.165, 1.54) is 0 Å². The van der Waals surface area contributed by atoms with Crippen molar-refractivity contribution in [2.45, 2.75) is 40.2 Å². The molecule has 0 aliphatic rings. The first kappa shape index (κ1) is 16.2. The van der Waals surface area contributed by atoms with Gasteiger partial charge in [-0.3, -0.25) is 14.3 Å². The van der Waals surface area contributed by atoms with Crippen LogP contribution in [0.3, 0.4) is 0 Å². The Bertz CT molecular complexity index is 435. The van der Waals surface area contributed by atoms with Crippen molar-refractivity contribution >= 4 is 11.9 Å². The van der Waals surface area contributed by atoms with Crippen molar-refractivity contribution in [1.29, 1.82) is 0 Å². The number of carboxylic acids is 1. The first-order valence-electron chi connectivity index (χ1n) is 6.75. The molecule has 0 radical (unpaired) electrons. The highest BCUT2D eigenvalue weighted by molar-refractivity contribution is 5.77. The van der Waals surface area contributed by atoms with Gasteiger partial charge in [-0.25, -0.2) is 0 Å². The molecule has 0 saturated carbocycles. The van der Waals surface area contributed by atoms with Crippen molar-refractivity contribution < 1.29 is 14.7 Å². The van der Waals surface area contributed by atoms with Crippen LogP contribution < -0.4 is 5.32 Å². The molecule has 6 heteroatoms. The highest BCUT2D eigenvalue weighted by Gasteiger charge is 2.24. The van der Waals surface area contributed by atoms with Crippen molar-refractivity contribution in [2.75, 3.05) is 6.54 Å². The van der Waals surface area contributed by atoms with Gasteiger partial charge in [-0.15, -0.1) is 0 Å². The molecule has 0 aliphatic heterocycles. The fourth-order valence-corrected chi connectivity index (χ4v) is 1.96. The molecular formula is C14H23N3O3. The molecule has 20 heavy (non-hydrogen) atoms. The third-order valence-corrected chi connectivity index (χ3v) is 2.88. The molecule has 1 atom stereocenters. The zero-order chi connectivity index (χ0) is 15.2. The number of rotatable bonds is 7. The normalized spacial score (nSPS) is 12.9. The molecule has 1 unspecified atom stereocenters. The second-order valence-electron chi connectivity index (χ2n) is 6.12. The monoisotopic (exact) mass is 281 g/mol. The molecule has 0 saturated heterocycles. The summed E-state index contributed by atoms with van der Waals surface area (Å²) in [7, 11) is 0. The van der Waals surface area contributed by atoms with Crippen LogP contribution in [0.1, 0.15) is 33.6 Å². The van der Waals surface area contributed by atoms with Crippen molar-refractivity contribution in [1.82, 2.24) is 15.1 Å². The molecule has 0 bridgehead atoms. The first-order valence-corrected chi connectivity index (χ1v) is 6.75. The molecule has 1 aromatic heterocycles. The van der Waals surface area contributed by atoms with Crippen LogP contribution in [-0.2, 0) is 16.1 Å². The molecule has 0 spiro atoms. The Kier molecular flexibility index (Phi) is 5.73. The van der Waals surface area contributed by atoms with Crippen LogP contribution in [0, 0.1) is 11.3 Å². The van der Waals surface area contributed by atoms with Gasteiger partial charge in [0.15, 0.2) is 0 Å². The predicted octanol–water partition coefficient (Wildman–Crippen LogP) is 1.53. The minimum Gasteiger partial charge on any atom is -0.481 e. The summed E-state index contributed by atoms with van der Waals surface area (Å²) < 4.78 is 1.67. The lowest BCUT2D eigenvalue weighted by Crippen LogP contribution is -2.35. The standard InChI is InChI=1S/C14H23N3O3/c1-14(2,3)9-11(13(19)20)10-15-12(18)5-8-17-7-4-6-16-17/h4,6-7,11H,5,8-10H2,1-3H3,(H,15,18)(H,19,20). The summed E-state index contributed by atoms with van der Waals surface area (Å²) >= 11 is 0. The van der Waals surface area contributed by atoms with Crippen LogP contribution in [0.25, 0.3) is 0 Å². The van der Waals surface area contributed by atoms with Gasteiger partial charge >= 0.3 is 5.97 Å². The average Bonchev–Trinajstić information content (AvgIpc) is 2.83. The van der Waals surface area contributed by atoms with E-state index in [0.717, 1.165) is 0 Å². The van der Waals surface area contributed by atoms with Crippen LogP contribution >= 0.6 is 0 Å². The molecule has 6 nitrogen and oxygen atoms in total. The van der Waals surface area contributed by atoms with Crippen LogP contribution in [0.2, 0.25) is 0 Å². The Morgan fingerprint density at radius 1 is 1.40 bits per heavy atom. The molecule has 1 amide bonds. The maximum absolute atomic E-state index is 11.7. The number of amides is 1. The van der Waals surface area contributed by atoms with Crippen molar-refractivity contribution in [3.63, 3.8) is 0 Å². The smallest absolute Gasteiger partial charge is 0.308 e. The maximum atomic E-state index is 11.7. The molecule has 0 fully saturated rings. The number of carbonyl (C=O) groups excluding carboxylic acids is 1. The Hall–Kier alpha value is -1.85. The summed E-state index contributed by atoms with van der Waals surface area (Å²) in [5.74, 6) is -1.57. The molecule has 1 heterocycles. The number of carbonyl (C=O) groups is 2. The highest BCUT2D eigenvalue weighted by Crippen LogP contribution is 2.24. The van der Waals surface area contributed by atoms with E-state index in [1.807, 2.05) is 20.8 Å². The second kappa shape index (κ2) is 7.07. The Morgan fingerprint density at radius 2 is 2.10 bits per heavy atom. The number of aromatic nitrogens is 2. The van der Waals surface area contributed by atoms with Gasteiger partial charge in [0.05, 0.1) is 5.92 Å². The Balaban J connectivity index is 2.35. The van der Waals surface area contributed by atoms with Crippen molar-refractivity contribution in [2.24, 2.45) is 11.3 Å². The number of nitrogens with one attached hydrogen (secondary N) is 1. The molecule has 1 aromatic rings. The third-order valence-electron chi connectivity index (χ3n) is 2.88. The number of aliphatic carboxylic acids is 1. The molecule has 112 valence electrons. The lowest BCUT2D eigenvalue weighted by atomic mass is 9.84. The van der Waals surface area contributed by atoms with E-state index in [4.69, 9.17) is 5.11 Å². The molecule has 0 aromatic carbocycles. The Labute approximate surface area is 119 Å². The molecular weight excluding hydrogens is 258 g/mol. The maximum Gasteiger partial charge on any atom is 0.308 e. The second-order valence-corrected chi connectivity index (χ2v) is 6.12. The Morgan fingerprint density at radius 3 is 2.60 bits per heavy atom. The fraction of sp³-hybridized carbons (Fsp3) is 0.643. The number of carboxylic acid groups (broad SMARTS) is 1. The van der Waals surface area contributed by atoms with Crippen LogP contribution in [0.5, 0.6) is 0 Å². The lowest BCUT2D eigenvalue weighted by molar-refractivity contribution is -0.142. The largest absolute Gasteiger partial charge is 0.481 e. The molecule has 0 aliphatic carbocycles. The highest BCUT2D eigenvalue weighted by atomic mass is 16.4. The van der Waals surface area contributed by atoms with Gasteiger partial charge in [0, 0.05) is 31.9 Å². The number of aryl methyl sites for hydroxylation is 1.